The molecule has 106 valence electrons. The maximum absolute atomic E-state index is 10.7. The van der Waals surface area contributed by atoms with Gasteiger partial charge in [0.05, 0.1) is 4.92 Å². The van der Waals surface area contributed by atoms with Crippen molar-refractivity contribution in [2.45, 2.75) is 6.42 Å². The van der Waals surface area contributed by atoms with Crippen LogP contribution in [0.25, 0.3) is 0 Å². The van der Waals surface area contributed by atoms with E-state index in [2.05, 4.69) is 9.89 Å². The number of amidine groups is 1. The molecule has 0 N–H and O–H groups in total. The summed E-state index contributed by atoms with van der Waals surface area (Å²) in [6.45, 7) is 1.69. The molecule has 0 aromatic heterocycles. The predicted molar refractivity (Wildman–Crippen MR) is 82.9 cm³/mol. The van der Waals surface area contributed by atoms with Crippen molar-refractivity contribution in [3.8, 4) is 0 Å². The lowest BCUT2D eigenvalue weighted by atomic mass is 10.1. The smallest absolute Gasteiger partial charge is 0.269 e. The number of benzene rings is 2. The Kier molecular flexibility index (Phi) is 3.64. The normalized spacial score (nSPS) is 14.7. The van der Waals surface area contributed by atoms with Gasteiger partial charge in [-0.25, -0.2) is 0 Å². The Labute approximate surface area is 122 Å². The van der Waals surface area contributed by atoms with Crippen LogP contribution >= 0.6 is 0 Å². The van der Waals surface area contributed by atoms with Crippen molar-refractivity contribution in [1.29, 1.82) is 0 Å². The Bertz CT molecular complexity index is 666. The van der Waals surface area contributed by atoms with Crippen molar-refractivity contribution in [3.05, 3.63) is 70.3 Å². The lowest BCUT2D eigenvalue weighted by Gasteiger charge is -2.29. The zero-order chi connectivity index (χ0) is 14.7. The third-order valence-electron chi connectivity index (χ3n) is 3.46. The first-order valence-electron chi connectivity index (χ1n) is 6.87. The maximum Gasteiger partial charge on any atom is 0.269 e. The van der Waals surface area contributed by atoms with Gasteiger partial charge in [-0.15, -0.1) is 0 Å². The van der Waals surface area contributed by atoms with Gasteiger partial charge < -0.3 is 4.90 Å². The molecule has 0 saturated heterocycles. The largest absolute Gasteiger partial charge is 0.326 e. The fourth-order valence-electron chi connectivity index (χ4n) is 2.44. The number of anilines is 1. The highest BCUT2D eigenvalue weighted by Crippen LogP contribution is 2.22. The third kappa shape index (κ3) is 2.76. The van der Waals surface area contributed by atoms with E-state index in [0.717, 1.165) is 36.6 Å². The molecule has 1 heterocycles. The summed E-state index contributed by atoms with van der Waals surface area (Å²) in [7, 11) is 0. The van der Waals surface area contributed by atoms with Crippen molar-refractivity contribution in [2.24, 2.45) is 4.99 Å². The van der Waals surface area contributed by atoms with Gasteiger partial charge in [0.1, 0.15) is 5.84 Å². The summed E-state index contributed by atoms with van der Waals surface area (Å²) in [5.41, 5.74) is 2.10. The Morgan fingerprint density at radius 2 is 1.76 bits per heavy atom. The molecule has 0 radical (unpaired) electrons. The Morgan fingerprint density at radius 3 is 2.43 bits per heavy atom. The van der Waals surface area contributed by atoms with Gasteiger partial charge in [0.2, 0.25) is 0 Å². The average molecular weight is 281 g/mol. The summed E-state index contributed by atoms with van der Waals surface area (Å²) in [4.78, 5) is 17.1. The van der Waals surface area contributed by atoms with Gasteiger partial charge in [-0.1, -0.05) is 18.2 Å². The van der Waals surface area contributed by atoms with E-state index in [1.807, 2.05) is 30.3 Å². The number of aliphatic imine (C=N–C) groups is 1. The van der Waals surface area contributed by atoms with E-state index in [0.29, 0.717) is 0 Å². The highest BCUT2D eigenvalue weighted by molar-refractivity contribution is 6.10. The van der Waals surface area contributed by atoms with Crippen LogP contribution in [0.4, 0.5) is 11.4 Å². The molecular formula is C16H15N3O2. The molecule has 2 aromatic carbocycles. The molecule has 0 atom stereocenters. The third-order valence-corrected chi connectivity index (χ3v) is 3.46. The fourth-order valence-corrected chi connectivity index (χ4v) is 2.44. The first-order chi connectivity index (χ1) is 10.3. The summed E-state index contributed by atoms with van der Waals surface area (Å²) >= 11 is 0. The second kappa shape index (κ2) is 5.75. The fraction of sp³-hybridized carbons (Fsp3) is 0.188. The standard InChI is InChI=1S/C16H15N3O2/c20-19(21)15-9-7-13(8-10-15)16-17-11-4-12-18(16)14-5-2-1-3-6-14/h1-3,5-10H,4,11-12H2. The van der Waals surface area contributed by atoms with Gasteiger partial charge in [0.15, 0.2) is 0 Å². The molecule has 0 saturated carbocycles. The predicted octanol–water partition coefficient (Wildman–Crippen LogP) is 3.25. The minimum atomic E-state index is -0.387. The van der Waals surface area contributed by atoms with Crippen LogP contribution < -0.4 is 4.90 Å². The molecule has 0 bridgehead atoms. The average Bonchev–Trinajstić information content (AvgIpc) is 2.56. The monoisotopic (exact) mass is 281 g/mol. The van der Waals surface area contributed by atoms with E-state index in [1.165, 1.54) is 12.1 Å². The van der Waals surface area contributed by atoms with Gasteiger partial charge in [-0.2, -0.15) is 0 Å². The van der Waals surface area contributed by atoms with Crippen molar-refractivity contribution in [1.82, 2.24) is 0 Å². The van der Waals surface area contributed by atoms with Gasteiger partial charge in [0.25, 0.3) is 5.69 Å². The topological polar surface area (TPSA) is 58.7 Å². The number of hydrogen-bond donors (Lipinski definition) is 0. The number of non-ortho nitro benzene ring substituents is 1. The molecule has 21 heavy (non-hydrogen) atoms. The molecule has 0 aliphatic carbocycles. The van der Waals surface area contributed by atoms with E-state index in [-0.39, 0.29) is 10.6 Å². The summed E-state index contributed by atoms with van der Waals surface area (Å²) in [6.07, 6.45) is 1.01. The second-order valence-electron chi connectivity index (χ2n) is 4.85. The van der Waals surface area contributed by atoms with Crippen LogP contribution in [0, 0.1) is 10.1 Å². The number of para-hydroxylation sites is 1. The molecular weight excluding hydrogens is 266 g/mol. The Balaban J connectivity index is 1.95. The summed E-state index contributed by atoms with van der Waals surface area (Å²) in [6, 6.07) is 16.6. The van der Waals surface area contributed by atoms with Gasteiger partial charge in [-0.3, -0.25) is 15.1 Å². The van der Waals surface area contributed by atoms with Crippen LogP contribution in [0.3, 0.4) is 0 Å². The molecule has 1 aliphatic rings. The van der Waals surface area contributed by atoms with Crippen LogP contribution in [-0.4, -0.2) is 23.8 Å². The SMILES string of the molecule is O=[N+]([O-])c1ccc(C2=NCCCN2c2ccccc2)cc1. The molecule has 1 aliphatic heterocycles. The Morgan fingerprint density at radius 1 is 1.05 bits per heavy atom. The zero-order valence-electron chi connectivity index (χ0n) is 11.5. The molecule has 3 rings (SSSR count). The maximum atomic E-state index is 10.7. The van der Waals surface area contributed by atoms with Crippen LogP contribution in [0.2, 0.25) is 0 Å². The van der Waals surface area contributed by atoms with Crippen molar-refractivity contribution in [2.75, 3.05) is 18.0 Å². The molecule has 0 unspecified atom stereocenters. The molecule has 5 nitrogen and oxygen atoms in total. The molecule has 0 amide bonds. The first-order valence-corrected chi connectivity index (χ1v) is 6.87. The van der Waals surface area contributed by atoms with E-state index in [4.69, 9.17) is 0 Å². The number of nitro groups is 1. The van der Waals surface area contributed by atoms with Crippen LogP contribution in [0.1, 0.15) is 12.0 Å². The summed E-state index contributed by atoms with van der Waals surface area (Å²) < 4.78 is 0. The van der Waals surface area contributed by atoms with E-state index in [9.17, 15) is 10.1 Å². The van der Waals surface area contributed by atoms with Gasteiger partial charge >= 0.3 is 0 Å². The molecule has 0 fully saturated rings. The number of rotatable bonds is 3. The van der Waals surface area contributed by atoms with Crippen LogP contribution in [0.15, 0.2) is 59.6 Å². The van der Waals surface area contributed by atoms with Gasteiger partial charge in [-0.05, 0) is 30.7 Å². The van der Waals surface area contributed by atoms with E-state index < -0.39 is 0 Å². The van der Waals surface area contributed by atoms with E-state index >= 15 is 0 Å². The first kappa shape index (κ1) is 13.3. The number of nitrogens with zero attached hydrogens (tertiary/aromatic N) is 3. The van der Waals surface area contributed by atoms with Crippen molar-refractivity contribution in [3.63, 3.8) is 0 Å². The quantitative estimate of drug-likeness (QED) is 0.641. The minimum Gasteiger partial charge on any atom is -0.326 e. The highest BCUT2D eigenvalue weighted by Gasteiger charge is 2.19. The molecule has 5 heteroatoms. The van der Waals surface area contributed by atoms with E-state index in [1.54, 1.807) is 12.1 Å². The summed E-state index contributed by atoms with van der Waals surface area (Å²) in [5.74, 6) is 0.877. The molecule has 0 spiro atoms. The number of nitro benzene ring substituents is 1. The minimum absolute atomic E-state index is 0.0985. The van der Waals surface area contributed by atoms with Gasteiger partial charge in [0, 0.05) is 36.5 Å². The second-order valence-corrected chi connectivity index (χ2v) is 4.85. The van der Waals surface area contributed by atoms with Crippen molar-refractivity contribution < 1.29 is 4.92 Å². The van der Waals surface area contributed by atoms with Crippen LogP contribution in [0.5, 0.6) is 0 Å². The highest BCUT2D eigenvalue weighted by atomic mass is 16.6. The lowest BCUT2D eigenvalue weighted by Crippen LogP contribution is -2.36. The zero-order valence-corrected chi connectivity index (χ0v) is 11.5. The number of hydrogen-bond acceptors (Lipinski definition) is 4. The lowest BCUT2D eigenvalue weighted by molar-refractivity contribution is -0.384. The Hall–Kier alpha value is -2.69. The van der Waals surface area contributed by atoms with Crippen LogP contribution in [-0.2, 0) is 0 Å². The van der Waals surface area contributed by atoms with Crippen molar-refractivity contribution >= 4 is 17.2 Å². The molecule has 2 aromatic rings. The summed E-state index contributed by atoms with van der Waals surface area (Å²) in [5, 5.41) is 10.7.